The van der Waals surface area contributed by atoms with Crippen molar-refractivity contribution in [1.82, 2.24) is 9.80 Å². The third-order valence-corrected chi connectivity index (χ3v) is 5.82. The Bertz CT molecular complexity index is 534. The SMILES string of the molecule is CN1C2CCC1CN(Cc1cc(Br)cc3c1OCCC3)C2. The van der Waals surface area contributed by atoms with Crippen molar-refractivity contribution in [3.8, 4) is 5.75 Å². The van der Waals surface area contributed by atoms with Crippen molar-refractivity contribution in [2.75, 3.05) is 26.7 Å². The van der Waals surface area contributed by atoms with Gasteiger partial charge in [-0.2, -0.15) is 0 Å². The highest BCUT2D eigenvalue weighted by atomic mass is 79.9. The van der Waals surface area contributed by atoms with Gasteiger partial charge < -0.3 is 4.74 Å². The van der Waals surface area contributed by atoms with E-state index in [0.29, 0.717) is 0 Å². The second-order valence-corrected chi connectivity index (χ2v) is 7.67. The first-order chi connectivity index (χ1) is 10.2. The van der Waals surface area contributed by atoms with Crippen LogP contribution in [0.3, 0.4) is 0 Å². The Labute approximate surface area is 135 Å². The summed E-state index contributed by atoms with van der Waals surface area (Å²) in [5.41, 5.74) is 2.74. The largest absolute Gasteiger partial charge is 0.493 e. The predicted octanol–water partition coefficient (Wildman–Crippen LogP) is 3.05. The van der Waals surface area contributed by atoms with Gasteiger partial charge >= 0.3 is 0 Å². The van der Waals surface area contributed by atoms with Gasteiger partial charge in [-0.1, -0.05) is 15.9 Å². The molecular formula is C17H23BrN2O. The molecule has 0 spiro atoms. The highest BCUT2D eigenvalue weighted by molar-refractivity contribution is 9.10. The molecular weight excluding hydrogens is 328 g/mol. The summed E-state index contributed by atoms with van der Waals surface area (Å²) >= 11 is 3.67. The number of aryl methyl sites for hydroxylation is 1. The van der Waals surface area contributed by atoms with Gasteiger partial charge in [0.2, 0.25) is 0 Å². The quantitative estimate of drug-likeness (QED) is 0.815. The number of hydrogen-bond acceptors (Lipinski definition) is 3. The van der Waals surface area contributed by atoms with Crippen LogP contribution >= 0.6 is 15.9 Å². The number of likely N-dealkylation sites (tertiary alicyclic amines) is 1. The summed E-state index contributed by atoms with van der Waals surface area (Å²) in [5, 5.41) is 0. The minimum Gasteiger partial charge on any atom is -0.493 e. The zero-order valence-electron chi connectivity index (χ0n) is 12.6. The van der Waals surface area contributed by atoms with Crippen molar-refractivity contribution in [1.29, 1.82) is 0 Å². The van der Waals surface area contributed by atoms with Crippen LogP contribution in [0.5, 0.6) is 5.75 Å². The fraction of sp³-hybridized carbons (Fsp3) is 0.647. The second kappa shape index (κ2) is 5.56. The summed E-state index contributed by atoms with van der Waals surface area (Å²) in [6.07, 6.45) is 5.02. The normalized spacial score (nSPS) is 29.2. The molecule has 2 unspecified atom stereocenters. The van der Waals surface area contributed by atoms with Crippen molar-refractivity contribution in [2.45, 2.75) is 44.3 Å². The molecule has 0 aromatic heterocycles. The zero-order valence-corrected chi connectivity index (χ0v) is 14.2. The number of rotatable bonds is 2. The van der Waals surface area contributed by atoms with Crippen molar-refractivity contribution in [3.05, 3.63) is 27.7 Å². The fourth-order valence-electron chi connectivity index (χ4n) is 4.21. The monoisotopic (exact) mass is 350 g/mol. The number of hydrogen-bond donors (Lipinski definition) is 0. The Kier molecular flexibility index (Phi) is 3.72. The topological polar surface area (TPSA) is 15.7 Å². The van der Waals surface area contributed by atoms with E-state index in [1.165, 1.54) is 41.5 Å². The number of fused-ring (bicyclic) bond motifs is 3. The van der Waals surface area contributed by atoms with Crippen LogP contribution in [0.15, 0.2) is 16.6 Å². The lowest BCUT2D eigenvalue weighted by Gasteiger charge is -2.39. The van der Waals surface area contributed by atoms with Crippen LogP contribution in [0, 0.1) is 0 Å². The second-order valence-electron chi connectivity index (χ2n) is 6.75. The molecule has 2 saturated heterocycles. The van der Waals surface area contributed by atoms with Crippen molar-refractivity contribution < 1.29 is 4.74 Å². The smallest absolute Gasteiger partial charge is 0.127 e. The number of likely N-dealkylation sites (N-methyl/N-ethyl adjacent to an activating group) is 1. The van der Waals surface area contributed by atoms with E-state index in [9.17, 15) is 0 Å². The number of benzene rings is 1. The lowest BCUT2D eigenvalue weighted by atomic mass is 10.0. The lowest BCUT2D eigenvalue weighted by Crippen LogP contribution is -2.51. The molecule has 2 fully saturated rings. The Balaban J connectivity index is 1.56. The molecule has 0 aliphatic carbocycles. The summed E-state index contributed by atoms with van der Waals surface area (Å²) in [7, 11) is 2.30. The molecule has 2 bridgehead atoms. The van der Waals surface area contributed by atoms with Crippen LogP contribution in [0.1, 0.15) is 30.4 Å². The van der Waals surface area contributed by atoms with Gasteiger partial charge in [-0.3, -0.25) is 9.80 Å². The predicted molar refractivity (Wildman–Crippen MR) is 87.8 cm³/mol. The molecule has 1 aromatic rings. The maximum Gasteiger partial charge on any atom is 0.127 e. The molecule has 4 heteroatoms. The molecule has 2 atom stereocenters. The van der Waals surface area contributed by atoms with E-state index < -0.39 is 0 Å². The Morgan fingerprint density at radius 3 is 2.76 bits per heavy atom. The average molecular weight is 351 g/mol. The highest BCUT2D eigenvalue weighted by Crippen LogP contribution is 2.35. The molecule has 3 aliphatic rings. The maximum atomic E-state index is 5.98. The Morgan fingerprint density at radius 1 is 1.24 bits per heavy atom. The molecule has 114 valence electrons. The summed E-state index contributed by atoms with van der Waals surface area (Å²) in [5.74, 6) is 1.16. The van der Waals surface area contributed by atoms with Crippen LogP contribution < -0.4 is 4.74 Å². The van der Waals surface area contributed by atoms with E-state index in [2.05, 4.69) is 44.9 Å². The molecule has 0 saturated carbocycles. The van der Waals surface area contributed by atoms with Gasteiger partial charge in [-0.15, -0.1) is 0 Å². The molecule has 3 heterocycles. The minimum absolute atomic E-state index is 0.757. The van der Waals surface area contributed by atoms with Gasteiger partial charge in [0.15, 0.2) is 0 Å². The molecule has 0 N–H and O–H groups in total. The van der Waals surface area contributed by atoms with Gasteiger partial charge in [0, 0.05) is 41.8 Å². The van der Waals surface area contributed by atoms with Crippen LogP contribution in [0.2, 0.25) is 0 Å². The van der Waals surface area contributed by atoms with Crippen LogP contribution in [-0.2, 0) is 13.0 Å². The van der Waals surface area contributed by atoms with E-state index >= 15 is 0 Å². The molecule has 0 amide bonds. The first kappa shape index (κ1) is 14.0. The number of ether oxygens (including phenoxy) is 1. The summed E-state index contributed by atoms with van der Waals surface area (Å²) in [4.78, 5) is 5.21. The van der Waals surface area contributed by atoms with E-state index in [0.717, 1.165) is 43.8 Å². The van der Waals surface area contributed by atoms with Gasteiger partial charge in [-0.25, -0.2) is 0 Å². The first-order valence-electron chi connectivity index (χ1n) is 8.09. The van der Waals surface area contributed by atoms with Gasteiger partial charge in [-0.05, 0) is 50.4 Å². The third-order valence-electron chi connectivity index (χ3n) is 5.36. The molecule has 3 nitrogen and oxygen atoms in total. The van der Waals surface area contributed by atoms with Crippen LogP contribution in [0.25, 0.3) is 0 Å². The van der Waals surface area contributed by atoms with Crippen molar-refractivity contribution in [3.63, 3.8) is 0 Å². The Hall–Kier alpha value is -0.580. The van der Waals surface area contributed by atoms with Gasteiger partial charge in [0.25, 0.3) is 0 Å². The van der Waals surface area contributed by atoms with Gasteiger partial charge in [0.05, 0.1) is 6.61 Å². The highest BCUT2D eigenvalue weighted by Gasteiger charge is 2.37. The number of nitrogens with zero attached hydrogens (tertiary/aromatic N) is 2. The Morgan fingerprint density at radius 2 is 2.00 bits per heavy atom. The standard InChI is InChI=1S/C17H23BrN2O/c1-19-15-4-5-16(19)11-20(10-15)9-13-8-14(18)7-12-3-2-6-21-17(12)13/h7-8,15-16H,2-6,9-11H2,1H3. The zero-order chi connectivity index (χ0) is 14.4. The van der Waals surface area contributed by atoms with E-state index in [-0.39, 0.29) is 0 Å². The minimum atomic E-state index is 0.757. The van der Waals surface area contributed by atoms with E-state index in [1.54, 1.807) is 0 Å². The third kappa shape index (κ3) is 2.62. The molecule has 0 radical (unpaired) electrons. The fourth-order valence-corrected chi connectivity index (χ4v) is 4.76. The maximum absolute atomic E-state index is 5.98. The molecule has 4 rings (SSSR count). The number of piperazine rings is 1. The summed E-state index contributed by atoms with van der Waals surface area (Å²) < 4.78 is 7.18. The molecule has 3 aliphatic heterocycles. The number of halogens is 1. The van der Waals surface area contributed by atoms with Crippen molar-refractivity contribution in [2.24, 2.45) is 0 Å². The van der Waals surface area contributed by atoms with E-state index in [4.69, 9.17) is 4.74 Å². The lowest BCUT2D eigenvalue weighted by molar-refractivity contribution is 0.0828. The van der Waals surface area contributed by atoms with Crippen LogP contribution in [-0.4, -0.2) is 48.6 Å². The van der Waals surface area contributed by atoms with E-state index in [1.807, 2.05) is 0 Å². The summed E-state index contributed by atoms with van der Waals surface area (Å²) in [6.45, 7) is 4.31. The van der Waals surface area contributed by atoms with Crippen molar-refractivity contribution >= 4 is 15.9 Å². The first-order valence-corrected chi connectivity index (χ1v) is 8.88. The molecule has 21 heavy (non-hydrogen) atoms. The average Bonchev–Trinajstić information content (AvgIpc) is 2.70. The van der Waals surface area contributed by atoms with Crippen LogP contribution in [0.4, 0.5) is 0 Å². The van der Waals surface area contributed by atoms with Gasteiger partial charge in [0.1, 0.15) is 5.75 Å². The molecule has 1 aromatic carbocycles. The summed E-state index contributed by atoms with van der Waals surface area (Å²) in [6, 6.07) is 6.00.